The average molecular weight is 311 g/mol. The highest BCUT2D eigenvalue weighted by molar-refractivity contribution is 7.99. The van der Waals surface area contributed by atoms with Crippen LogP contribution in [0.25, 0.3) is 0 Å². The van der Waals surface area contributed by atoms with E-state index in [1.807, 2.05) is 12.1 Å². The number of hydrogen-bond acceptors (Lipinski definition) is 4. The first-order valence-electron chi connectivity index (χ1n) is 6.18. The lowest BCUT2D eigenvalue weighted by atomic mass is 10.2. The van der Waals surface area contributed by atoms with Gasteiger partial charge in [0.15, 0.2) is 0 Å². The van der Waals surface area contributed by atoms with Crippen LogP contribution in [0.15, 0.2) is 39.8 Å². The largest absolute Gasteiger partial charge is 0.452 e. The SMILES string of the molecule is CCCSc1ccc(N)c(NC(=O)c2ccoc2Cl)c1. The van der Waals surface area contributed by atoms with E-state index in [4.69, 9.17) is 21.8 Å². The second-order valence-corrected chi connectivity index (χ2v) is 5.67. The minimum absolute atomic E-state index is 0.0672. The highest BCUT2D eigenvalue weighted by Gasteiger charge is 2.14. The Kier molecular flexibility index (Phi) is 4.98. The van der Waals surface area contributed by atoms with Crippen molar-refractivity contribution in [1.29, 1.82) is 0 Å². The molecule has 0 aliphatic rings. The summed E-state index contributed by atoms with van der Waals surface area (Å²) in [6.07, 6.45) is 2.45. The molecule has 0 aliphatic heterocycles. The Morgan fingerprint density at radius 2 is 2.25 bits per heavy atom. The maximum absolute atomic E-state index is 12.1. The summed E-state index contributed by atoms with van der Waals surface area (Å²) in [4.78, 5) is 13.1. The number of carbonyl (C=O) groups is 1. The Hall–Kier alpha value is -1.59. The molecule has 0 aliphatic carbocycles. The molecular formula is C14H15ClN2O2S. The third-order valence-corrected chi connectivity index (χ3v) is 4.10. The van der Waals surface area contributed by atoms with Gasteiger partial charge in [-0.1, -0.05) is 6.92 Å². The number of halogens is 1. The number of anilines is 2. The van der Waals surface area contributed by atoms with Crippen molar-refractivity contribution >= 4 is 40.6 Å². The molecule has 1 amide bonds. The van der Waals surface area contributed by atoms with Crippen molar-refractivity contribution in [1.82, 2.24) is 0 Å². The van der Waals surface area contributed by atoms with E-state index in [0.29, 0.717) is 11.4 Å². The van der Waals surface area contributed by atoms with Gasteiger partial charge in [0.1, 0.15) is 0 Å². The molecule has 3 N–H and O–H groups in total. The first-order valence-corrected chi connectivity index (χ1v) is 7.55. The van der Waals surface area contributed by atoms with Gasteiger partial charge in [0.25, 0.3) is 5.91 Å². The molecule has 20 heavy (non-hydrogen) atoms. The molecule has 0 spiro atoms. The van der Waals surface area contributed by atoms with Gasteiger partial charge in [0.05, 0.1) is 23.2 Å². The summed E-state index contributed by atoms with van der Waals surface area (Å²) in [5, 5.41) is 2.82. The topological polar surface area (TPSA) is 68.3 Å². The monoisotopic (exact) mass is 310 g/mol. The quantitative estimate of drug-likeness (QED) is 0.639. The van der Waals surface area contributed by atoms with Crippen LogP contribution >= 0.6 is 23.4 Å². The number of nitrogen functional groups attached to an aromatic ring is 1. The summed E-state index contributed by atoms with van der Waals surface area (Å²) in [6, 6.07) is 7.10. The van der Waals surface area contributed by atoms with Crippen LogP contribution in [0.4, 0.5) is 11.4 Å². The molecule has 2 aromatic rings. The van der Waals surface area contributed by atoms with Crippen LogP contribution in [-0.2, 0) is 0 Å². The zero-order valence-corrected chi connectivity index (χ0v) is 12.6. The molecule has 0 atom stereocenters. The Balaban J connectivity index is 2.16. The first kappa shape index (κ1) is 14.8. The second kappa shape index (κ2) is 6.72. The van der Waals surface area contributed by atoms with Crippen molar-refractivity contribution in [3.05, 3.63) is 41.3 Å². The Morgan fingerprint density at radius 3 is 2.90 bits per heavy atom. The number of hydrogen-bond donors (Lipinski definition) is 2. The van der Waals surface area contributed by atoms with Crippen molar-refractivity contribution < 1.29 is 9.21 Å². The fourth-order valence-electron chi connectivity index (χ4n) is 1.60. The van der Waals surface area contributed by atoms with E-state index >= 15 is 0 Å². The minimum Gasteiger partial charge on any atom is -0.452 e. The van der Waals surface area contributed by atoms with Crippen LogP contribution in [0.2, 0.25) is 5.22 Å². The van der Waals surface area contributed by atoms with Crippen LogP contribution < -0.4 is 11.1 Å². The van der Waals surface area contributed by atoms with Crippen LogP contribution in [0.3, 0.4) is 0 Å². The zero-order valence-electron chi connectivity index (χ0n) is 11.0. The average Bonchev–Trinajstić information content (AvgIpc) is 2.86. The lowest BCUT2D eigenvalue weighted by molar-refractivity contribution is 0.102. The lowest BCUT2D eigenvalue weighted by Crippen LogP contribution is -2.12. The fourth-order valence-corrected chi connectivity index (χ4v) is 2.60. The van der Waals surface area contributed by atoms with E-state index in [1.165, 1.54) is 12.3 Å². The van der Waals surface area contributed by atoms with E-state index < -0.39 is 0 Å². The van der Waals surface area contributed by atoms with Crippen LogP contribution in [0, 0.1) is 0 Å². The highest BCUT2D eigenvalue weighted by atomic mass is 35.5. The van der Waals surface area contributed by atoms with E-state index in [2.05, 4.69) is 12.2 Å². The van der Waals surface area contributed by atoms with Crippen molar-refractivity contribution in [2.75, 3.05) is 16.8 Å². The molecular weight excluding hydrogens is 296 g/mol. The number of furan rings is 1. The Labute approximate surface area is 126 Å². The molecule has 1 aromatic heterocycles. The molecule has 4 nitrogen and oxygen atoms in total. The predicted octanol–water partition coefficient (Wildman–Crippen LogP) is 4.27. The number of nitrogens with two attached hydrogens (primary N) is 1. The number of benzene rings is 1. The summed E-state index contributed by atoms with van der Waals surface area (Å²) in [5.74, 6) is 0.679. The molecule has 0 saturated heterocycles. The van der Waals surface area contributed by atoms with Gasteiger partial charge in [-0.25, -0.2) is 0 Å². The van der Waals surface area contributed by atoms with Crippen LogP contribution in [-0.4, -0.2) is 11.7 Å². The van der Waals surface area contributed by atoms with Gasteiger partial charge in [0, 0.05) is 4.90 Å². The van der Waals surface area contributed by atoms with E-state index in [0.717, 1.165) is 17.1 Å². The summed E-state index contributed by atoms with van der Waals surface area (Å²) in [7, 11) is 0. The number of thioether (sulfide) groups is 1. The molecule has 0 unspecified atom stereocenters. The smallest absolute Gasteiger partial charge is 0.260 e. The molecule has 106 valence electrons. The molecule has 2 rings (SSSR count). The predicted molar refractivity (Wildman–Crippen MR) is 83.5 cm³/mol. The number of amides is 1. The maximum atomic E-state index is 12.1. The van der Waals surface area contributed by atoms with Crippen molar-refractivity contribution in [2.45, 2.75) is 18.2 Å². The normalized spacial score (nSPS) is 10.5. The third kappa shape index (κ3) is 3.49. The van der Waals surface area contributed by atoms with Gasteiger partial charge in [-0.3, -0.25) is 4.79 Å². The molecule has 0 radical (unpaired) electrons. The van der Waals surface area contributed by atoms with Gasteiger partial charge < -0.3 is 15.5 Å². The van der Waals surface area contributed by atoms with Crippen molar-refractivity contribution in [2.24, 2.45) is 0 Å². The molecule has 1 heterocycles. The van der Waals surface area contributed by atoms with Crippen LogP contribution in [0.5, 0.6) is 0 Å². The molecule has 0 fully saturated rings. The van der Waals surface area contributed by atoms with Gasteiger partial charge in [-0.2, -0.15) is 0 Å². The van der Waals surface area contributed by atoms with Crippen LogP contribution in [0.1, 0.15) is 23.7 Å². The summed E-state index contributed by atoms with van der Waals surface area (Å²) < 4.78 is 4.90. The van der Waals surface area contributed by atoms with Gasteiger partial charge in [0.2, 0.25) is 5.22 Å². The zero-order chi connectivity index (χ0) is 14.5. The molecule has 0 bridgehead atoms. The standard InChI is InChI=1S/C14H15ClN2O2S/c1-2-7-20-9-3-4-11(16)12(8-9)17-14(18)10-5-6-19-13(10)15/h3-6,8H,2,7,16H2,1H3,(H,17,18). The molecule has 6 heteroatoms. The lowest BCUT2D eigenvalue weighted by Gasteiger charge is -2.09. The molecule has 1 aromatic carbocycles. The van der Waals surface area contributed by atoms with Gasteiger partial charge in [-0.15, -0.1) is 11.8 Å². The van der Waals surface area contributed by atoms with E-state index in [9.17, 15) is 4.79 Å². The van der Waals surface area contributed by atoms with Gasteiger partial charge in [-0.05, 0) is 48.0 Å². The van der Waals surface area contributed by atoms with Crippen molar-refractivity contribution in [3.8, 4) is 0 Å². The number of rotatable bonds is 5. The van der Waals surface area contributed by atoms with E-state index in [-0.39, 0.29) is 16.7 Å². The number of nitrogens with one attached hydrogen (secondary N) is 1. The minimum atomic E-state index is -0.340. The third-order valence-electron chi connectivity index (χ3n) is 2.61. The Morgan fingerprint density at radius 1 is 1.45 bits per heavy atom. The highest BCUT2D eigenvalue weighted by Crippen LogP contribution is 2.28. The number of carbonyl (C=O) groups excluding carboxylic acids is 1. The summed E-state index contributed by atoms with van der Waals surface area (Å²) >= 11 is 7.50. The fraction of sp³-hybridized carbons (Fsp3) is 0.214. The first-order chi connectivity index (χ1) is 9.61. The molecule has 0 saturated carbocycles. The van der Waals surface area contributed by atoms with Gasteiger partial charge >= 0.3 is 0 Å². The maximum Gasteiger partial charge on any atom is 0.260 e. The Bertz CT molecular complexity index is 613. The summed E-state index contributed by atoms with van der Waals surface area (Å²) in [5.41, 5.74) is 7.26. The second-order valence-electron chi connectivity index (χ2n) is 4.16. The van der Waals surface area contributed by atoms with E-state index in [1.54, 1.807) is 17.8 Å². The van der Waals surface area contributed by atoms with Crippen molar-refractivity contribution in [3.63, 3.8) is 0 Å². The summed E-state index contributed by atoms with van der Waals surface area (Å²) in [6.45, 7) is 2.12.